The summed E-state index contributed by atoms with van der Waals surface area (Å²) in [5.41, 5.74) is 5.70. The fraction of sp³-hybridized carbons (Fsp3) is 0.161. The van der Waals surface area contributed by atoms with E-state index in [2.05, 4.69) is 22.1 Å². The van der Waals surface area contributed by atoms with Gasteiger partial charge in [-0.05, 0) is 30.0 Å². The van der Waals surface area contributed by atoms with Gasteiger partial charge in [-0.2, -0.15) is 0 Å². The van der Waals surface area contributed by atoms with Crippen molar-refractivity contribution in [2.75, 3.05) is 0 Å². The minimum Gasteiger partial charge on any atom is -0.361 e. The first-order valence-corrected chi connectivity index (χ1v) is 12.1. The highest BCUT2D eigenvalue weighted by atomic mass is 16.1. The molecule has 0 aliphatic heterocycles. The monoisotopic (exact) mass is 458 g/mol. The van der Waals surface area contributed by atoms with Crippen molar-refractivity contribution >= 4 is 44.5 Å². The minimum absolute atomic E-state index is 0.0219. The molecule has 0 saturated carbocycles. The van der Waals surface area contributed by atoms with E-state index in [-0.39, 0.29) is 23.4 Å². The van der Waals surface area contributed by atoms with Crippen LogP contribution in [0.15, 0.2) is 91.3 Å². The third-order valence-corrected chi connectivity index (χ3v) is 7.40. The second kappa shape index (κ2) is 8.55. The third-order valence-electron chi connectivity index (χ3n) is 7.40. The summed E-state index contributed by atoms with van der Waals surface area (Å²) in [5, 5.41) is 1.91. The molecule has 2 aromatic heterocycles. The Labute approximate surface area is 203 Å². The van der Waals surface area contributed by atoms with E-state index in [4.69, 9.17) is 0 Å². The number of aromatic amines is 2. The molecule has 4 heteroatoms. The van der Waals surface area contributed by atoms with Crippen molar-refractivity contribution in [2.45, 2.75) is 19.8 Å². The zero-order valence-corrected chi connectivity index (χ0v) is 19.5. The molecule has 0 saturated heterocycles. The Morgan fingerprint density at radius 3 is 1.89 bits per heavy atom. The molecule has 1 aliphatic rings. The van der Waals surface area contributed by atoms with E-state index >= 15 is 0 Å². The zero-order valence-electron chi connectivity index (χ0n) is 19.5. The smallest absolute Gasteiger partial charge is 0.167 e. The number of H-pyrrole nitrogens is 2. The molecular formula is C31H26N2O2. The van der Waals surface area contributed by atoms with Crippen molar-refractivity contribution in [2.24, 2.45) is 11.8 Å². The van der Waals surface area contributed by atoms with Crippen LogP contribution in [-0.4, -0.2) is 21.5 Å². The molecule has 4 nitrogen and oxygen atoms in total. The van der Waals surface area contributed by atoms with Gasteiger partial charge in [0.05, 0.1) is 0 Å². The highest BCUT2D eigenvalue weighted by Gasteiger charge is 2.38. The SMILES string of the molecule is CC1C(=O)C(c2c[nH]c3ccccc23)=C(c2c[nH]c3ccccc23)C(=O)CC1Cc1ccccc1. The minimum atomic E-state index is -0.287. The number of Topliss-reactive ketones (excluding diaryl/α,β-unsaturated/α-hetero) is 2. The molecule has 2 N–H and O–H groups in total. The number of fused-ring (bicyclic) bond motifs is 2. The topological polar surface area (TPSA) is 65.7 Å². The van der Waals surface area contributed by atoms with Crippen LogP contribution < -0.4 is 0 Å². The Hall–Kier alpha value is -4.18. The van der Waals surface area contributed by atoms with Crippen molar-refractivity contribution < 1.29 is 9.59 Å². The average molecular weight is 459 g/mol. The van der Waals surface area contributed by atoms with Gasteiger partial charge in [-0.3, -0.25) is 9.59 Å². The summed E-state index contributed by atoms with van der Waals surface area (Å²) < 4.78 is 0. The number of carbonyl (C=O) groups is 2. The van der Waals surface area contributed by atoms with Crippen molar-refractivity contribution in [3.05, 3.63) is 108 Å². The normalized spacial score (nSPS) is 19.0. The lowest BCUT2D eigenvalue weighted by molar-refractivity contribution is -0.118. The molecule has 2 atom stereocenters. The van der Waals surface area contributed by atoms with Crippen LogP contribution in [0.1, 0.15) is 30.0 Å². The number of hydrogen-bond acceptors (Lipinski definition) is 2. The Morgan fingerprint density at radius 2 is 1.26 bits per heavy atom. The van der Waals surface area contributed by atoms with E-state index in [0.717, 1.165) is 38.5 Å². The first-order valence-electron chi connectivity index (χ1n) is 12.1. The van der Waals surface area contributed by atoms with Crippen LogP contribution in [0.4, 0.5) is 0 Å². The summed E-state index contributed by atoms with van der Waals surface area (Å²) in [6.07, 6.45) is 4.79. The van der Waals surface area contributed by atoms with Gasteiger partial charge in [0.25, 0.3) is 0 Å². The van der Waals surface area contributed by atoms with Crippen LogP contribution >= 0.6 is 0 Å². The molecule has 172 valence electrons. The van der Waals surface area contributed by atoms with E-state index in [9.17, 15) is 9.59 Å². The number of aromatic nitrogens is 2. The van der Waals surface area contributed by atoms with E-state index in [1.165, 1.54) is 0 Å². The number of nitrogens with one attached hydrogen (secondary N) is 2. The summed E-state index contributed by atoms with van der Waals surface area (Å²) >= 11 is 0. The number of rotatable bonds is 4. The molecule has 0 amide bonds. The van der Waals surface area contributed by atoms with Gasteiger partial charge in [0.15, 0.2) is 11.6 Å². The van der Waals surface area contributed by atoms with Gasteiger partial charge < -0.3 is 9.97 Å². The Kier molecular flexibility index (Phi) is 5.22. The van der Waals surface area contributed by atoms with Crippen molar-refractivity contribution in [3.63, 3.8) is 0 Å². The summed E-state index contributed by atoms with van der Waals surface area (Å²) in [4.78, 5) is 34.9. The summed E-state index contributed by atoms with van der Waals surface area (Å²) in [6.45, 7) is 1.98. The summed E-state index contributed by atoms with van der Waals surface area (Å²) in [5.74, 6) is -0.304. The van der Waals surface area contributed by atoms with Crippen LogP contribution in [0.25, 0.3) is 33.0 Å². The maximum atomic E-state index is 14.2. The molecule has 6 rings (SSSR count). The molecule has 0 fully saturated rings. The van der Waals surface area contributed by atoms with Gasteiger partial charge in [-0.25, -0.2) is 0 Å². The predicted octanol–water partition coefficient (Wildman–Crippen LogP) is 6.60. The number of carbonyl (C=O) groups excluding carboxylic acids is 2. The standard InChI is InChI=1S/C31H26N2O2/c1-19-21(15-20-9-3-2-4-10-20)16-28(34)29(24-17-32-26-13-7-5-11-22(24)26)30(31(19)35)25-18-33-27-14-8-6-12-23(25)27/h2-14,17-19,21,32-33H,15-16H2,1H3. The van der Waals surface area contributed by atoms with E-state index in [1.807, 2.05) is 86.0 Å². The highest BCUT2D eigenvalue weighted by Crippen LogP contribution is 2.42. The fourth-order valence-electron chi connectivity index (χ4n) is 5.50. The predicted molar refractivity (Wildman–Crippen MR) is 141 cm³/mol. The zero-order chi connectivity index (χ0) is 23.9. The van der Waals surface area contributed by atoms with Gasteiger partial charge >= 0.3 is 0 Å². The lowest BCUT2D eigenvalue weighted by Gasteiger charge is -2.20. The van der Waals surface area contributed by atoms with Crippen molar-refractivity contribution in [3.8, 4) is 0 Å². The maximum absolute atomic E-state index is 14.2. The molecule has 3 aromatic carbocycles. The quantitative estimate of drug-likeness (QED) is 0.319. The van der Waals surface area contributed by atoms with Gasteiger partial charge in [0, 0.05) is 68.8 Å². The van der Waals surface area contributed by atoms with Crippen molar-refractivity contribution in [1.82, 2.24) is 9.97 Å². The third kappa shape index (κ3) is 3.62. The molecule has 1 aliphatic carbocycles. The van der Waals surface area contributed by atoms with Crippen LogP contribution in [-0.2, 0) is 16.0 Å². The second-order valence-electron chi connectivity index (χ2n) is 9.48. The average Bonchev–Trinajstić information content (AvgIpc) is 3.49. The molecule has 0 spiro atoms. The van der Waals surface area contributed by atoms with Crippen LogP contribution in [0.3, 0.4) is 0 Å². The molecule has 35 heavy (non-hydrogen) atoms. The maximum Gasteiger partial charge on any atom is 0.167 e. The van der Waals surface area contributed by atoms with Crippen molar-refractivity contribution in [1.29, 1.82) is 0 Å². The number of benzene rings is 3. The number of para-hydroxylation sites is 2. The summed E-state index contributed by atoms with van der Waals surface area (Å²) in [7, 11) is 0. The molecule has 0 radical (unpaired) electrons. The molecule has 0 bridgehead atoms. The Bertz CT molecular complexity index is 1600. The van der Waals surface area contributed by atoms with Gasteiger partial charge in [0.1, 0.15) is 0 Å². The molecular weight excluding hydrogens is 432 g/mol. The van der Waals surface area contributed by atoms with Crippen LogP contribution in [0.5, 0.6) is 0 Å². The first-order chi connectivity index (χ1) is 17.1. The molecule has 2 heterocycles. The largest absolute Gasteiger partial charge is 0.361 e. The second-order valence-corrected chi connectivity index (χ2v) is 9.48. The number of ketones is 2. The van der Waals surface area contributed by atoms with E-state index < -0.39 is 0 Å². The lowest BCUT2D eigenvalue weighted by Crippen LogP contribution is -2.23. The Balaban J connectivity index is 1.57. The van der Waals surface area contributed by atoms with Crippen LogP contribution in [0.2, 0.25) is 0 Å². The fourth-order valence-corrected chi connectivity index (χ4v) is 5.50. The van der Waals surface area contributed by atoms with Gasteiger partial charge in [-0.15, -0.1) is 0 Å². The number of allylic oxidation sites excluding steroid dienone is 2. The molecule has 2 unspecified atom stereocenters. The first kappa shape index (κ1) is 21.4. The number of hydrogen-bond donors (Lipinski definition) is 2. The summed E-state index contributed by atoms with van der Waals surface area (Å²) in [6, 6.07) is 26.0. The highest BCUT2D eigenvalue weighted by molar-refractivity contribution is 6.44. The van der Waals surface area contributed by atoms with Gasteiger partial charge in [0.2, 0.25) is 0 Å². The lowest BCUT2D eigenvalue weighted by atomic mass is 9.81. The van der Waals surface area contributed by atoms with Gasteiger partial charge in [-0.1, -0.05) is 73.7 Å². The Morgan fingerprint density at radius 1 is 0.714 bits per heavy atom. The van der Waals surface area contributed by atoms with E-state index in [1.54, 1.807) is 0 Å². The van der Waals surface area contributed by atoms with E-state index in [0.29, 0.717) is 24.0 Å². The van der Waals surface area contributed by atoms with Crippen LogP contribution in [0, 0.1) is 11.8 Å². The molecule has 5 aromatic rings.